The van der Waals surface area contributed by atoms with Gasteiger partial charge >= 0.3 is 0 Å². The first-order chi connectivity index (χ1) is 16.9. The molecule has 3 aromatic rings. The number of carbonyl (C=O) groups excluding carboxylic acids is 2. The smallest absolute Gasteiger partial charge is 0.243 e. The van der Waals surface area contributed by atoms with E-state index in [4.69, 9.17) is 4.74 Å². The minimum atomic E-state index is -0.566. The summed E-state index contributed by atoms with van der Waals surface area (Å²) in [5.74, 6) is 0.426. The van der Waals surface area contributed by atoms with Crippen LogP contribution in [-0.2, 0) is 16.1 Å². The molecule has 1 N–H and O–H groups in total. The van der Waals surface area contributed by atoms with Crippen LogP contribution in [0.5, 0.6) is 5.75 Å². The van der Waals surface area contributed by atoms with Crippen LogP contribution in [0.25, 0.3) is 0 Å². The highest BCUT2D eigenvalue weighted by molar-refractivity contribution is 5.88. The van der Waals surface area contributed by atoms with Gasteiger partial charge in [0.25, 0.3) is 0 Å². The second-order valence-corrected chi connectivity index (χ2v) is 9.04. The molecule has 35 heavy (non-hydrogen) atoms. The summed E-state index contributed by atoms with van der Waals surface area (Å²) in [5.41, 5.74) is 3.07. The largest absolute Gasteiger partial charge is 0.497 e. The van der Waals surface area contributed by atoms with Gasteiger partial charge in [-0.2, -0.15) is 0 Å². The third-order valence-electron chi connectivity index (χ3n) is 6.09. The SMILES string of the molecule is CC[C@@H](C(=O)NC(C)C)N(Cc1cccc(OC)c1)C(=O)CC(c1ccccc1)c1ccccc1. The highest BCUT2D eigenvalue weighted by Crippen LogP contribution is 2.30. The minimum Gasteiger partial charge on any atom is -0.497 e. The lowest BCUT2D eigenvalue weighted by atomic mass is 9.88. The van der Waals surface area contributed by atoms with E-state index in [1.807, 2.05) is 81.4 Å². The maximum Gasteiger partial charge on any atom is 0.243 e. The molecule has 0 aliphatic rings. The lowest BCUT2D eigenvalue weighted by Gasteiger charge is -2.32. The quantitative estimate of drug-likeness (QED) is 0.398. The van der Waals surface area contributed by atoms with Crippen molar-refractivity contribution < 1.29 is 14.3 Å². The van der Waals surface area contributed by atoms with Crippen molar-refractivity contribution in [1.82, 2.24) is 10.2 Å². The first-order valence-corrected chi connectivity index (χ1v) is 12.3. The lowest BCUT2D eigenvalue weighted by molar-refractivity contribution is -0.141. The van der Waals surface area contributed by atoms with Crippen LogP contribution < -0.4 is 10.1 Å². The predicted octanol–water partition coefficient (Wildman–Crippen LogP) is 5.55. The van der Waals surface area contributed by atoms with Gasteiger partial charge in [-0.1, -0.05) is 79.7 Å². The molecular weight excluding hydrogens is 436 g/mol. The Balaban J connectivity index is 1.96. The maximum atomic E-state index is 14.0. The van der Waals surface area contributed by atoms with Crippen molar-refractivity contribution in [2.75, 3.05) is 7.11 Å². The van der Waals surface area contributed by atoms with Crippen molar-refractivity contribution in [1.29, 1.82) is 0 Å². The van der Waals surface area contributed by atoms with E-state index in [1.165, 1.54) is 0 Å². The van der Waals surface area contributed by atoms with E-state index in [-0.39, 0.29) is 30.2 Å². The fourth-order valence-corrected chi connectivity index (χ4v) is 4.36. The average molecular weight is 473 g/mol. The molecule has 5 nitrogen and oxygen atoms in total. The summed E-state index contributed by atoms with van der Waals surface area (Å²) in [4.78, 5) is 28.8. The fraction of sp³-hybridized carbons (Fsp3) is 0.333. The van der Waals surface area contributed by atoms with Gasteiger partial charge in [0.1, 0.15) is 11.8 Å². The number of benzene rings is 3. The van der Waals surface area contributed by atoms with Crippen LogP contribution in [0.2, 0.25) is 0 Å². The molecule has 0 saturated carbocycles. The van der Waals surface area contributed by atoms with Crippen molar-refractivity contribution >= 4 is 11.8 Å². The molecule has 0 fully saturated rings. The number of carbonyl (C=O) groups is 2. The molecule has 2 amide bonds. The van der Waals surface area contributed by atoms with E-state index in [2.05, 4.69) is 29.6 Å². The van der Waals surface area contributed by atoms with E-state index >= 15 is 0 Å². The van der Waals surface area contributed by atoms with Crippen LogP contribution >= 0.6 is 0 Å². The first kappa shape index (κ1) is 26.0. The molecule has 0 aliphatic carbocycles. The second-order valence-electron chi connectivity index (χ2n) is 9.04. The summed E-state index contributed by atoms with van der Waals surface area (Å²) in [6.45, 7) is 6.14. The van der Waals surface area contributed by atoms with Gasteiger partial charge in [0.15, 0.2) is 0 Å². The highest BCUT2D eigenvalue weighted by atomic mass is 16.5. The van der Waals surface area contributed by atoms with Gasteiger partial charge in [0.2, 0.25) is 11.8 Å². The lowest BCUT2D eigenvalue weighted by Crippen LogP contribution is -2.50. The molecule has 0 saturated heterocycles. The monoisotopic (exact) mass is 472 g/mol. The van der Waals surface area contributed by atoms with Crippen LogP contribution in [0, 0.1) is 0 Å². The van der Waals surface area contributed by atoms with Gasteiger partial charge in [-0.15, -0.1) is 0 Å². The van der Waals surface area contributed by atoms with Crippen LogP contribution in [0.15, 0.2) is 84.9 Å². The van der Waals surface area contributed by atoms with E-state index in [1.54, 1.807) is 12.0 Å². The number of rotatable bonds is 11. The van der Waals surface area contributed by atoms with Gasteiger partial charge in [-0.25, -0.2) is 0 Å². The Morgan fingerprint density at radius 2 is 1.49 bits per heavy atom. The Kier molecular flexibility index (Phi) is 9.47. The molecule has 3 aromatic carbocycles. The van der Waals surface area contributed by atoms with E-state index in [0.717, 1.165) is 22.4 Å². The Labute approximate surface area is 209 Å². The van der Waals surface area contributed by atoms with Gasteiger partial charge in [-0.05, 0) is 49.1 Å². The predicted molar refractivity (Wildman–Crippen MR) is 140 cm³/mol. The molecule has 5 heteroatoms. The van der Waals surface area contributed by atoms with Gasteiger partial charge in [0.05, 0.1) is 7.11 Å². The number of hydrogen-bond acceptors (Lipinski definition) is 3. The molecule has 1 atom stereocenters. The van der Waals surface area contributed by atoms with E-state index in [9.17, 15) is 9.59 Å². The Bertz CT molecular complexity index is 1040. The van der Waals surface area contributed by atoms with Gasteiger partial charge in [-0.3, -0.25) is 9.59 Å². The van der Waals surface area contributed by atoms with Crippen molar-refractivity contribution in [2.45, 2.75) is 58.2 Å². The number of nitrogens with zero attached hydrogens (tertiary/aromatic N) is 1. The van der Waals surface area contributed by atoms with Gasteiger partial charge in [0, 0.05) is 24.9 Å². The second kappa shape index (κ2) is 12.7. The molecular formula is C30H36N2O3. The zero-order chi connectivity index (χ0) is 25.2. The molecule has 184 valence electrons. The van der Waals surface area contributed by atoms with Crippen LogP contribution in [0.4, 0.5) is 0 Å². The number of nitrogens with one attached hydrogen (secondary N) is 1. The number of methoxy groups -OCH3 is 1. The molecule has 0 aliphatic heterocycles. The molecule has 0 bridgehead atoms. The molecule has 0 radical (unpaired) electrons. The Morgan fingerprint density at radius 1 is 0.886 bits per heavy atom. The maximum absolute atomic E-state index is 14.0. The standard InChI is InChI=1S/C30H36N2O3/c1-5-28(30(34)31-22(2)3)32(21-23-13-12-18-26(19-23)35-4)29(33)20-27(24-14-8-6-9-15-24)25-16-10-7-11-17-25/h6-19,22,27-28H,5,20-21H2,1-4H3,(H,31,34)/t28-/m0/s1. The summed E-state index contributed by atoms with van der Waals surface area (Å²) >= 11 is 0. The van der Waals surface area contributed by atoms with Crippen molar-refractivity contribution in [2.24, 2.45) is 0 Å². The zero-order valence-electron chi connectivity index (χ0n) is 21.1. The number of amides is 2. The van der Waals surface area contributed by atoms with Crippen LogP contribution in [0.1, 0.15) is 56.2 Å². The fourth-order valence-electron chi connectivity index (χ4n) is 4.36. The van der Waals surface area contributed by atoms with Crippen molar-refractivity contribution in [3.8, 4) is 5.75 Å². The van der Waals surface area contributed by atoms with E-state index < -0.39 is 6.04 Å². The summed E-state index contributed by atoms with van der Waals surface area (Å²) in [5, 5.41) is 3.00. The first-order valence-electron chi connectivity index (χ1n) is 12.3. The Hall–Kier alpha value is -3.60. The number of hydrogen-bond donors (Lipinski definition) is 1. The molecule has 0 aromatic heterocycles. The zero-order valence-corrected chi connectivity index (χ0v) is 21.1. The minimum absolute atomic E-state index is 0.00768. The molecule has 0 heterocycles. The van der Waals surface area contributed by atoms with Crippen LogP contribution in [0.3, 0.4) is 0 Å². The third-order valence-corrected chi connectivity index (χ3v) is 6.09. The molecule has 3 rings (SSSR count). The third kappa shape index (κ3) is 7.19. The summed E-state index contributed by atoms with van der Waals surface area (Å²) < 4.78 is 5.38. The normalized spacial score (nSPS) is 11.8. The van der Waals surface area contributed by atoms with Crippen molar-refractivity contribution in [3.63, 3.8) is 0 Å². The topological polar surface area (TPSA) is 58.6 Å². The summed E-state index contributed by atoms with van der Waals surface area (Å²) in [6.07, 6.45) is 0.791. The number of ether oxygens (including phenoxy) is 1. The van der Waals surface area contributed by atoms with Crippen molar-refractivity contribution in [3.05, 3.63) is 102 Å². The van der Waals surface area contributed by atoms with E-state index in [0.29, 0.717) is 13.0 Å². The average Bonchev–Trinajstić information content (AvgIpc) is 2.87. The summed E-state index contributed by atoms with van der Waals surface area (Å²) in [6, 6.07) is 27.2. The van der Waals surface area contributed by atoms with Crippen LogP contribution in [-0.4, -0.2) is 35.9 Å². The summed E-state index contributed by atoms with van der Waals surface area (Å²) in [7, 11) is 1.62. The molecule has 0 spiro atoms. The Morgan fingerprint density at radius 3 is 2.00 bits per heavy atom. The van der Waals surface area contributed by atoms with Gasteiger partial charge < -0.3 is 15.0 Å². The highest BCUT2D eigenvalue weighted by Gasteiger charge is 2.31. The molecule has 0 unspecified atom stereocenters.